The van der Waals surface area contributed by atoms with Crippen LogP contribution in [0, 0.1) is 11.6 Å². The monoisotopic (exact) mass is 318 g/mol. The van der Waals surface area contributed by atoms with E-state index in [9.17, 15) is 8.78 Å². The fourth-order valence-electron chi connectivity index (χ4n) is 3.48. The molecule has 0 amide bonds. The second-order valence-corrected chi connectivity index (χ2v) is 5.57. The highest BCUT2D eigenvalue weighted by Crippen LogP contribution is 2.58. The Morgan fingerprint density at radius 3 is 2.74 bits per heavy atom. The summed E-state index contributed by atoms with van der Waals surface area (Å²) in [4.78, 5) is 4.23. The molecular formula is C18H20F2N2O. The number of pyridine rings is 1. The molecule has 5 heteroatoms. The maximum Gasteiger partial charge on any atom is 0.218 e. The minimum Gasteiger partial charge on any atom is -0.481 e. The number of aromatic nitrogens is 1. The van der Waals surface area contributed by atoms with Gasteiger partial charge in [-0.25, -0.2) is 13.8 Å². The molecule has 0 bridgehead atoms. The van der Waals surface area contributed by atoms with Gasteiger partial charge in [0, 0.05) is 23.4 Å². The smallest absolute Gasteiger partial charge is 0.218 e. The number of nitrogens with zero attached hydrogens (tertiary/aromatic N) is 1. The van der Waals surface area contributed by atoms with Gasteiger partial charge in [-0.2, -0.15) is 0 Å². The third-order valence-electron chi connectivity index (χ3n) is 4.54. The Labute approximate surface area is 134 Å². The molecule has 3 nitrogen and oxygen atoms in total. The number of halogens is 2. The highest BCUT2D eigenvalue weighted by atomic mass is 19.1. The van der Waals surface area contributed by atoms with Crippen molar-refractivity contribution in [3.05, 3.63) is 58.8 Å². The van der Waals surface area contributed by atoms with Crippen LogP contribution in [0.4, 0.5) is 8.78 Å². The van der Waals surface area contributed by atoms with Gasteiger partial charge in [0.25, 0.3) is 0 Å². The molecule has 2 aliphatic rings. The SMILES string of the molecule is CC.COc1nccc2c1[C@@H]1N[C@]1(c1ccc(F)cc1F)CC2. The molecule has 0 radical (unpaired) electrons. The van der Waals surface area contributed by atoms with E-state index in [0.717, 1.165) is 24.5 Å². The van der Waals surface area contributed by atoms with Crippen molar-refractivity contribution in [3.8, 4) is 5.88 Å². The summed E-state index contributed by atoms with van der Waals surface area (Å²) >= 11 is 0. The van der Waals surface area contributed by atoms with Gasteiger partial charge in [0.2, 0.25) is 5.88 Å². The number of nitrogens with one attached hydrogen (secondary N) is 1. The fraction of sp³-hybridized carbons (Fsp3) is 0.389. The molecular weight excluding hydrogens is 298 g/mol. The molecule has 1 fully saturated rings. The molecule has 23 heavy (non-hydrogen) atoms. The van der Waals surface area contributed by atoms with Gasteiger partial charge in [-0.1, -0.05) is 19.9 Å². The lowest BCUT2D eigenvalue weighted by atomic mass is 9.80. The van der Waals surface area contributed by atoms with Crippen LogP contribution >= 0.6 is 0 Å². The van der Waals surface area contributed by atoms with E-state index in [0.29, 0.717) is 11.4 Å². The molecule has 1 aliphatic heterocycles. The van der Waals surface area contributed by atoms with Crippen LogP contribution in [-0.2, 0) is 12.0 Å². The van der Waals surface area contributed by atoms with Crippen molar-refractivity contribution in [1.29, 1.82) is 0 Å². The van der Waals surface area contributed by atoms with Crippen molar-refractivity contribution in [2.24, 2.45) is 0 Å². The predicted molar refractivity (Wildman–Crippen MR) is 84.4 cm³/mol. The highest BCUT2D eigenvalue weighted by Gasteiger charge is 2.60. The van der Waals surface area contributed by atoms with Gasteiger partial charge >= 0.3 is 0 Å². The third-order valence-corrected chi connectivity index (χ3v) is 4.54. The Hall–Kier alpha value is -2.01. The third kappa shape index (κ3) is 2.39. The zero-order valence-corrected chi connectivity index (χ0v) is 13.5. The van der Waals surface area contributed by atoms with E-state index in [-0.39, 0.29) is 6.04 Å². The number of aryl methyl sites for hydroxylation is 1. The molecule has 1 aromatic carbocycles. The van der Waals surface area contributed by atoms with Gasteiger partial charge in [0.15, 0.2) is 0 Å². The lowest BCUT2D eigenvalue weighted by molar-refractivity contribution is 0.386. The Morgan fingerprint density at radius 1 is 1.26 bits per heavy atom. The molecule has 0 saturated carbocycles. The minimum absolute atomic E-state index is 0.0233. The molecule has 1 aromatic heterocycles. The summed E-state index contributed by atoms with van der Waals surface area (Å²) in [6, 6.07) is 5.73. The summed E-state index contributed by atoms with van der Waals surface area (Å²) in [7, 11) is 1.58. The molecule has 0 spiro atoms. The number of benzene rings is 1. The topological polar surface area (TPSA) is 44.1 Å². The molecule has 1 N–H and O–H groups in total. The number of ether oxygens (including phenoxy) is 1. The first-order valence-electron chi connectivity index (χ1n) is 7.91. The van der Waals surface area contributed by atoms with Crippen molar-refractivity contribution in [2.75, 3.05) is 7.11 Å². The molecule has 2 aromatic rings. The van der Waals surface area contributed by atoms with Crippen LogP contribution in [0.15, 0.2) is 30.5 Å². The number of hydrogen-bond donors (Lipinski definition) is 1. The molecule has 1 aliphatic carbocycles. The Bertz CT molecular complexity index is 721. The first-order chi connectivity index (χ1) is 11.2. The maximum atomic E-state index is 14.1. The van der Waals surface area contributed by atoms with E-state index in [1.54, 1.807) is 13.3 Å². The van der Waals surface area contributed by atoms with Gasteiger partial charge in [0.1, 0.15) is 11.6 Å². The molecule has 4 rings (SSSR count). The van der Waals surface area contributed by atoms with E-state index in [2.05, 4.69) is 10.3 Å². The van der Waals surface area contributed by atoms with Gasteiger partial charge in [-0.15, -0.1) is 0 Å². The van der Waals surface area contributed by atoms with Crippen LogP contribution in [0.2, 0.25) is 0 Å². The van der Waals surface area contributed by atoms with Crippen molar-refractivity contribution in [3.63, 3.8) is 0 Å². The van der Waals surface area contributed by atoms with Gasteiger partial charge in [0.05, 0.1) is 18.7 Å². The van der Waals surface area contributed by atoms with E-state index < -0.39 is 17.2 Å². The second kappa shape index (κ2) is 5.89. The van der Waals surface area contributed by atoms with Crippen molar-refractivity contribution >= 4 is 0 Å². The van der Waals surface area contributed by atoms with E-state index in [1.165, 1.54) is 17.7 Å². The first kappa shape index (κ1) is 15.9. The number of hydrogen-bond acceptors (Lipinski definition) is 3. The zero-order valence-electron chi connectivity index (χ0n) is 13.5. The van der Waals surface area contributed by atoms with Crippen LogP contribution in [0.25, 0.3) is 0 Å². The van der Waals surface area contributed by atoms with Crippen LogP contribution in [-0.4, -0.2) is 12.1 Å². The standard InChI is InChI=1S/C16H14F2N2O.C2H6/c1-21-15-13-9(5-7-19-15)4-6-16(14(13)20-16)11-3-2-10(17)8-12(11)18;1-2/h2-3,5,7-8,14,20H,4,6H2,1H3;1-2H3/t14-,16-;/m0./s1. The lowest BCUT2D eigenvalue weighted by Gasteiger charge is -2.23. The van der Waals surface area contributed by atoms with Crippen molar-refractivity contribution in [2.45, 2.75) is 38.3 Å². The predicted octanol–water partition coefficient (Wildman–Crippen LogP) is 3.88. The number of methoxy groups -OCH3 is 1. The summed E-state index contributed by atoms with van der Waals surface area (Å²) in [5.74, 6) is -0.481. The van der Waals surface area contributed by atoms with E-state index >= 15 is 0 Å². The number of fused-ring (bicyclic) bond motifs is 3. The molecule has 0 unspecified atom stereocenters. The van der Waals surface area contributed by atoms with E-state index in [4.69, 9.17) is 4.74 Å². The Balaban J connectivity index is 0.000000753. The maximum absolute atomic E-state index is 14.1. The summed E-state index contributed by atoms with van der Waals surface area (Å²) < 4.78 is 32.6. The molecule has 1 saturated heterocycles. The number of rotatable bonds is 2. The fourth-order valence-corrected chi connectivity index (χ4v) is 3.48. The van der Waals surface area contributed by atoms with Crippen LogP contribution in [0.1, 0.15) is 43.0 Å². The lowest BCUT2D eigenvalue weighted by Crippen LogP contribution is -2.20. The Morgan fingerprint density at radius 2 is 2.04 bits per heavy atom. The van der Waals surface area contributed by atoms with Crippen LogP contribution < -0.4 is 10.1 Å². The normalized spacial score (nSPS) is 24.0. The summed E-state index contributed by atoms with van der Waals surface area (Å²) in [5, 5.41) is 3.37. The highest BCUT2D eigenvalue weighted by molar-refractivity contribution is 5.51. The zero-order chi connectivity index (χ0) is 16.6. The van der Waals surface area contributed by atoms with Gasteiger partial charge in [-0.05, 0) is 30.5 Å². The quantitative estimate of drug-likeness (QED) is 0.855. The minimum atomic E-state index is -0.555. The average Bonchev–Trinajstić information content (AvgIpc) is 3.32. The van der Waals surface area contributed by atoms with Crippen molar-refractivity contribution in [1.82, 2.24) is 10.3 Å². The molecule has 122 valence electrons. The molecule has 2 heterocycles. The summed E-state index contributed by atoms with van der Waals surface area (Å²) in [5.41, 5.74) is 2.23. The Kier molecular flexibility index (Phi) is 4.06. The summed E-state index contributed by atoms with van der Waals surface area (Å²) in [6.07, 6.45) is 3.32. The van der Waals surface area contributed by atoms with Gasteiger partial charge < -0.3 is 4.74 Å². The van der Waals surface area contributed by atoms with Crippen molar-refractivity contribution < 1.29 is 13.5 Å². The molecule has 2 atom stereocenters. The van der Waals surface area contributed by atoms with Crippen LogP contribution in [0.3, 0.4) is 0 Å². The van der Waals surface area contributed by atoms with Crippen LogP contribution in [0.5, 0.6) is 5.88 Å². The second-order valence-electron chi connectivity index (χ2n) is 5.57. The largest absolute Gasteiger partial charge is 0.481 e. The first-order valence-corrected chi connectivity index (χ1v) is 7.91. The van der Waals surface area contributed by atoms with Gasteiger partial charge in [-0.3, -0.25) is 5.32 Å². The van der Waals surface area contributed by atoms with E-state index in [1.807, 2.05) is 19.9 Å². The summed E-state index contributed by atoms with van der Waals surface area (Å²) in [6.45, 7) is 4.00. The average molecular weight is 318 g/mol.